The number of nitrogens with one attached hydrogen (secondary N) is 1. The third-order valence-corrected chi connectivity index (χ3v) is 2.79. The second-order valence-electron chi connectivity index (χ2n) is 4.44. The molecule has 0 aliphatic rings. The number of carbonyl (C=O) groups excluding carboxylic acids is 1. The van der Waals surface area contributed by atoms with Crippen LogP contribution in [0.5, 0.6) is 5.75 Å². The van der Waals surface area contributed by atoms with Gasteiger partial charge in [-0.2, -0.15) is 0 Å². The van der Waals surface area contributed by atoms with E-state index in [0.29, 0.717) is 17.8 Å². The number of benzene rings is 2. The van der Waals surface area contributed by atoms with Gasteiger partial charge < -0.3 is 21.9 Å². The molecule has 2 aromatic rings. The molecule has 0 unspecified atom stereocenters. The predicted octanol–water partition coefficient (Wildman–Crippen LogP) is 1.42. The zero-order chi connectivity index (χ0) is 15.2. The smallest absolute Gasteiger partial charge is 0.255 e. The Bertz CT molecular complexity index is 644. The molecule has 108 valence electrons. The van der Waals surface area contributed by atoms with E-state index in [4.69, 9.17) is 11.5 Å². The van der Waals surface area contributed by atoms with Gasteiger partial charge in [0.15, 0.2) is 5.96 Å². The number of carbonyl (C=O) groups is 1. The van der Waals surface area contributed by atoms with Crippen LogP contribution < -0.4 is 16.8 Å². The van der Waals surface area contributed by atoms with Gasteiger partial charge in [-0.15, -0.1) is 0 Å². The summed E-state index contributed by atoms with van der Waals surface area (Å²) in [7, 11) is 0. The fourth-order valence-corrected chi connectivity index (χ4v) is 1.69. The second-order valence-corrected chi connectivity index (χ2v) is 4.44. The van der Waals surface area contributed by atoms with Gasteiger partial charge in [-0.25, -0.2) is 4.99 Å². The van der Waals surface area contributed by atoms with E-state index in [2.05, 4.69) is 10.3 Å². The monoisotopic (exact) mass is 284 g/mol. The Hall–Kier alpha value is -3.02. The van der Waals surface area contributed by atoms with Crippen LogP contribution in [0.25, 0.3) is 0 Å². The van der Waals surface area contributed by atoms with E-state index in [0.717, 1.165) is 5.56 Å². The highest BCUT2D eigenvalue weighted by Crippen LogP contribution is 2.15. The molecule has 0 aliphatic heterocycles. The fourth-order valence-electron chi connectivity index (χ4n) is 1.69. The normalized spacial score (nSPS) is 9.90. The lowest BCUT2D eigenvalue weighted by Gasteiger charge is -2.06. The van der Waals surface area contributed by atoms with Gasteiger partial charge >= 0.3 is 0 Å². The number of hydrogen-bond donors (Lipinski definition) is 4. The molecule has 6 N–H and O–H groups in total. The third-order valence-electron chi connectivity index (χ3n) is 2.79. The maximum Gasteiger partial charge on any atom is 0.255 e. The Morgan fingerprint density at radius 1 is 1.05 bits per heavy atom. The van der Waals surface area contributed by atoms with Gasteiger partial charge in [0.05, 0.1) is 6.54 Å². The van der Waals surface area contributed by atoms with Crippen molar-refractivity contribution in [2.45, 2.75) is 6.54 Å². The van der Waals surface area contributed by atoms with E-state index in [-0.39, 0.29) is 17.6 Å². The van der Waals surface area contributed by atoms with Crippen molar-refractivity contribution in [3.8, 4) is 5.75 Å². The summed E-state index contributed by atoms with van der Waals surface area (Å²) in [6.45, 7) is 0.377. The second kappa shape index (κ2) is 6.42. The van der Waals surface area contributed by atoms with E-state index >= 15 is 0 Å². The van der Waals surface area contributed by atoms with E-state index in [1.54, 1.807) is 36.4 Å². The molecule has 0 saturated heterocycles. The van der Waals surface area contributed by atoms with Gasteiger partial charge in [0.1, 0.15) is 5.75 Å². The first-order valence-corrected chi connectivity index (χ1v) is 6.29. The number of aromatic hydroxyl groups is 1. The average Bonchev–Trinajstić information content (AvgIpc) is 2.48. The largest absolute Gasteiger partial charge is 0.508 e. The van der Waals surface area contributed by atoms with E-state index < -0.39 is 0 Å². The molecule has 0 aromatic heterocycles. The van der Waals surface area contributed by atoms with Crippen LogP contribution in [0.2, 0.25) is 0 Å². The summed E-state index contributed by atoms with van der Waals surface area (Å²) in [5.74, 6) is -0.0460. The van der Waals surface area contributed by atoms with Crippen molar-refractivity contribution < 1.29 is 9.90 Å². The maximum atomic E-state index is 12.0. The predicted molar refractivity (Wildman–Crippen MR) is 82.0 cm³/mol. The fraction of sp³-hybridized carbons (Fsp3) is 0.0667. The summed E-state index contributed by atoms with van der Waals surface area (Å²) in [6.07, 6.45) is 0. The number of guanidine groups is 1. The number of rotatable bonds is 4. The minimum absolute atomic E-state index is 0.0316. The molecular weight excluding hydrogens is 268 g/mol. The van der Waals surface area contributed by atoms with Gasteiger partial charge in [-0.3, -0.25) is 4.79 Å². The number of anilines is 1. The van der Waals surface area contributed by atoms with Crippen molar-refractivity contribution in [1.29, 1.82) is 0 Å². The molecule has 0 heterocycles. The number of nitrogens with zero attached hydrogens (tertiary/aromatic N) is 1. The zero-order valence-electron chi connectivity index (χ0n) is 11.3. The van der Waals surface area contributed by atoms with Crippen molar-refractivity contribution in [2.75, 3.05) is 5.32 Å². The lowest BCUT2D eigenvalue weighted by atomic mass is 10.1. The van der Waals surface area contributed by atoms with Gasteiger partial charge in [0.2, 0.25) is 0 Å². The Kier molecular flexibility index (Phi) is 4.40. The maximum absolute atomic E-state index is 12.0. The number of aliphatic imine (C=N–C) groups is 1. The number of nitrogens with two attached hydrogens (primary N) is 2. The summed E-state index contributed by atoms with van der Waals surface area (Å²) < 4.78 is 0. The Balaban J connectivity index is 2.02. The highest BCUT2D eigenvalue weighted by Gasteiger charge is 2.06. The highest BCUT2D eigenvalue weighted by atomic mass is 16.3. The SMILES string of the molecule is NC(N)=NCc1ccc(C(=O)Nc2ccc(O)cc2)cc1. The molecule has 0 fully saturated rings. The summed E-state index contributed by atoms with van der Waals surface area (Å²) in [4.78, 5) is 15.9. The van der Waals surface area contributed by atoms with Crippen molar-refractivity contribution >= 4 is 17.6 Å². The van der Waals surface area contributed by atoms with Crippen molar-refractivity contribution in [3.05, 3.63) is 59.7 Å². The van der Waals surface area contributed by atoms with Crippen LogP contribution in [0.3, 0.4) is 0 Å². The molecule has 0 aliphatic carbocycles. The van der Waals surface area contributed by atoms with Crippen molar-refractivity contribution in [3.63, 3.8) is 0 Å². The van der Waals surface area contributed by atoms with Crippen LogP contribution >= 0.6 is 0 Å². The molecule has 1 amide bonds. The first-order valence-electron chi connectivity index (χ1n) is 6.29. The Labute approximate surface area is 122 Å². The molecule has 6 heteroatoms. The van der Waals surface area contributed by atoms with Crippen molar-refractivity contribution in [2.24, 2.45) is 16.5 Å². The first-order chi connectivity index (χ1) is 10.0. The molecule has 21 heavy (non-hydrogen) atoms. The molecule has 0 spiro atoms. The topological polar surface area (TPSA) is 114 Å². The minimum atomic E-state index is -0.228. The minimum Gasteiger partial charge on any atom is -0.508 e. The van der Waals surface area contributed by atoms with Crippen molar-refractivity contribution in [1.82, 2.24) is 0 Å². The van der Waals surface area contributed by atoms with Crippen LogP contribution in [0.15, 0.2) is 53.5 Å². The average molecular weight is 284 g/mol. The van der Waals surface area contributed by atoms with Gasteiger partial charge in [0, 0.05) is 11.3 Å². The summed E-state index contributed by atoms with van der Waals surface area (Å²) in [5.41, 5.74) is 12.6. The molecule has 0 atom stereocenters. The van der Waals surface area contributed by atoms with Gasteiger partial charge in [-0.1, -0.05) is 12.1 Å². The van der Waals surface area contributed by atoms with Crippen LogP contribution in [0, 0.1) is 0 Å². The molecular formula is C15H16N4O2. The Morgan fingerprint density at radius 3 is 2.24 bits per heavy atom. The summed E-state index contributed by atoms with van der Waals surface area (Å²) in [6, 6.07) is 13.2. The lowest BCUT2D eigenvalue weighted by molar-refractivity contribution is 0.102. The molecule has 0 radical (unpaired) electrons. The van der Waals surface area contributed by atoms with E-state index in [9.17, 15) is 9.90 Å². The molecule has 2 aromatic carbocycles. The number of phenolic OH excluding ortho intramolecular Hbond substituents is 1. The van der Waals surface area contributed by atoms with E-state index in [1.165, 1.54) is 12.1 Å². The van der Waals surface area contributed by atoms with Crippen LogP contribution in [-0.2, 0) is 6.54 Å². The molecule has 0 saturated carbocycles. The lowest BCUT2D eigenvalue weighted by Crippen LogP contribution is -2.22. The van der Waals surface area contributed by atoms with E-state index in [1.807, 2.05) is 0 Å². The number of amides is 1. The number of hydrogen-bond acceptors (Lipinski definition) is 3. The Morgan fingerprint density at radius 2 is 1.67 bits per heavy atom. The van der Waals surface area contributed by atoms with Crippen LogP contribution in [0.1, 0.15) is 15.9 Å². The number of phenols is 1. The van der Waals surface area contributed by atoms with Crippen LogP contribution in [0.4, 0.5) is 5.69 Å². The zero-order valence-corrected chi connectivity index (χ0v) is 11.3. The van der Waals surface area contributed by atoms with Gasteiger partial charge in [0.25, 0.3) is 5.91 Å². The summed E-state index contributed by atoms with van der Waals surface area (Å²) >= 11 is 0. The third kappa shape index (κ3) is 4.24. The molecule has 6 nitrogen and oxygen atoms in total. The molecule has 2 rings (SSSR count). The van der Waals surface area contributed by atoms with Gasteiger partial charge in [-0.05, 0) is 42.0 Å². The highest BCUT2D eigenvalue weighted by molar-refractivity contribution is 6.04. The standard InChI is InChI=1S/C15H16N4O2/c16-15(17)18-9-10-1-3-11(4-2-10)14(21)19-12-5-7-13(20)8-6-12/h1-8,20H,9H2,(H,19,21)(H4,16,17,18). The summed E-state index contributed by atoms with van der Waals surface area (Å²) in [5, 5.41) is 11.9. The molecule has 0 bridgehead atoms. The van der Waals surface area contributed by atoms with Crippen LogP contribution in [-0.4, -0.2) is 17.0 Å². The first kappa shape index (κ1) is 14.4. The quantitative estimate of drug-likeness (QED) is 0.386.